The number of aliphatic carboxylic acids is 1. The molecule has 0 saturated carbocycles. The number of aryl methyl sites for hydroxylation is 1. The van der Waals surface area contributed by atoms with Crippen molar-refractivity contribution in [3.05, 3.63) is 17.5 Å². The van der Waals surface area contributed by atoms with Crippen LogP contribution in [0.15, 0.2) is 10.6 Å². The van der Waals surface area contributed by atoms with Gasteiger partial charge in [-0.05, 0) is 12.8 Å². The number of nitrogens with zero attached hydrogens (tertiary/aromatic N) is 1. The maximum Gasteiger partial charge on any atom is 0.326 e. The molecule has 1 rings (SSSR count). The molecule has 1 unspecified atom stereocenters. The Morgan fingerprint density at radius 1 is 1.53 bits per heavy atom. The van der Waals surface area contributed by atoms with E-state index in [1.807, 2.05) is 6.92 Å². The molecule has 1 heterocycles. The van der Waals surface area contributed by atoms with E-state index in [0.29, 0.717) is 12.2 Å². The van der Waals surface area contributed by atoms with Crippen molar-refractivity contribution in [2.75, 3.05) is 0 Å². The van der Waals surface area contributed by atoms with E-state index in [-0.39, 0.29) is 12.5 Å². The monoisotopic (exact) mass is 269 g/mol. The zero-order valence-electron chi connectivity index (χ0n) is 11.3. The Kier molecular flexibility index (Phi) is 5.35. The molecular formula is C12H19N3O4. The molecule has 2 atom stereocenters. The summed E-state index contributed by atoms with van der Waals surface area (Å²) < 4.78 is 4.93. The minimum atomic E-state index is -1.04. The summed E-state index contributed by atoms with van der Waals surface area (Å²) in [6.07, 6.45) is 0.665. The molecule has 0 aromatic carbocycles. The molecular weight excluding hydrogens is 250 g/mol. The smallest absolute Gasteiger partial charge is 0.326 e. The Labute approximate surface area is 111 Å². The van der Waals surface area contributed by atoms with Gasteiger partial charge in [-0.2, -0.15) is 0 Å². The van der Waals surface area contributed by atoms with Crippen molar-refractivity contribution < 1.29 is 19.2 Å². The van der Waals surface area contributed by atoms with Crippen LogP contribution in [-0.2, 0) is 11.3 Å². The van der Waals surface area contributed by atoms with Gasteiger partial charge < -0.3 is 20.3 Å². The molecule has 3 N–H and O–H groups in total. The van der Waals surface area contributed by atoms with Crippen LogP contribution in [0.4, 0.5) is 4.79 Å². The molecule has 7 heteroatoms. The highest BCUT2D eigenvalue weighted by atomic mass is 16.5. The summed E-state index contributed by atoms with van der Waals surface area (Å²) in [5.74, 6) is -0.668. The van der Waals surface area contributed by atoms with Gasteiger partial charge in [0.2, 0.25) is 0 Å². The third kappa shape index (κ3) is 4.61. The zero-order chi connectivity index (χ0) is 14.4. The Morgan fingerprint density at radius 3 is 2.68 bits per heavy atom. The zero-order valence-corrected chi connectivity index (χ0v) is 11.3. The highest BCUT2D eigenvalue weighted by Crippen LogP contribution is 2.08. The Morgan fingerprint density at radius 2 is 2.21 bits per heavy atom. The van der Waals surface area contributed by atoms with Gasteiger partial charge in [0.15, 0.2) is 5.76 Å². The largest absolute Gasteiger partial charge is 0.480 e. The number of carbonyl (C=O) groups excluding carboxylic acids is 1. The predicted octanol–water partition coefficient (Wildman–Crippen LogP) is 1.28. The van der Waals surface area contributed by atoms with Crippen molar-refractivity contribution in [2.45, 2.75) is 39.8 Å². The fraction of sp³-hybridized carbons (Fsp3) is 0.583. The Hall–Kier alpha value is -2.05. The molecule has 0 bridgehead atoms. The quantitative estimate of drug-likeness (QED) is 0.721. The average molecular weight is 269 g/mol. The summed E-state index contributed by atoms with van der Waals surface area (Å²) in [6.45, 7) is 5.59. The van der Waals surface area contributed by atoms with E-state index in [0.717, 1.165) is 5.69 Å². The maximum absolute atomic E-state index is 11.6. The fourth-order valence-electron chi connectivity index (χ4n) is 1.54. The summed E-state index contributed by atoms with van der Waals surface area (Å²) in [5.41, 5.74) is 0.722. The van der Waals surface area contributed by atoms with Gasteiger partial charge in [0.05, 0.1) is 12.2 Å². The van der Waals surface area contributed by atoms with E-state index >= 15 is 0 Å². The van der Waals surface area contributed by atoms with Crippen LogP contribution < -0.4 is 10.6 Å². The van der Waals surface area contributed by atoms with Gasteiger partial charge in [-0.15, -0.1) is 0 Å². The van der Waals surface area contributed by atoms with Crippen LogP contribution in [0.5, 0.6) is 0 Å². The number of carbonyl (C=O) groups is 2. The van der Waals surface area contributed by atoms with Gasteiger partial charge in [-0.25, -0.2) is 9.59 Å². The number of nitrogens with one attached hydrogen (secondary N) is 2. The molecule has 0 spiro atoms. The normalized spacial score (nSPS) is 13.6. The molecule has 0 aliphatic heterocycles. The molecule has 7 nitrogen and oxygen atoms in total. The van der Waals surface area contributed by atoms with E-state index in [1.54, 1.807) is 19.9 Å². The minimum Gasteiger partial charge on any atom is -0.480 e. The third-order valence-electron chi connectivity index (χ3n) is 2.87. The first-order valence-electron chi connectivity index (χ1n) is 6.13. The number of hydrogen-bond donors (Lipinski definition) is 3. The summed E-state index contributed by atoms with van der Waals surface area (Å²) in [5, 5.41) is 17.7. The minimum absolute atomic E-state index is 0.143. The molecule has 1 aromatic rings. The molecule has 0 radical (unpaired) electrons. The second kappa shape index (κ2) is 6.77. The van der Waals surface area contributed by atoms with Crippen molar-refractivity contribution in [1.82, 2.24) is 15.8 Å². The Balaban J connectivity index is 2.46. The highest BCUT2D eigenvalue weighted by Gasteiger charge is 2.25. The van der Waals surface area contributed by atoms with Gasteiger partial charge in [-0.3, -0.25) is 0 Å². The summed E-state index contributed by atoms with van der Waals surface area (Å²) in [6, 6.07) is 0.257. The van der Waals surface area contributed by atoms with Gasteiger partial charge >= 0.3 is 12.0 Å². The van der Waals surface area contributed by atoms with Gasteiger partial charge in [0.1, 0.15) is 6.04 Å². The lowest BCUT2D eigenvalue weighted by molar-refractivity contribution is -0.140. The number of aromatic nitrogens is 1. The van der Waals surface area contributed by atoms with E-state index in [2.05, 4.69) is 15.8 Å². The molecule has 1 aromatic heterocycles. The van der Waals surface area contributed by atoms with Crippen LogP contribution in [0.1, 0.15) is 31.7 Å². The maximum atomic E-state index is 11.6. The van der Waals surface area contributed by atoms with Crippen molar-refractivity contribution in [2.24, 2.45) is 5.92 Å². The molecule has 2 amide bonds. The molecule has 0 aliphatic rings. The van der Waals surface area contributed by atoms with Crippen LogP contribution in [0, 0.1) is 12.8 Å². The van der Waals surface area contributed by atoms with Crippen LogP contribution in [0.3, 0.4) is 0 Å². The SMILES string of the molecule is CCC(C)[C@H](NC(=O)NCc1cc(C)no1)C(=O)O. The van der Waals surface area contributed by atoms with Crippen LogP contribution in [0.25, 0.3) is 0 Å². The van der Waals surface area contributed by atoms with Crippen molar-refractivity contribution >= 4 is 12.0 Å². The van der Waals surface area contributed by atoms with Crippen molar-refractivity contribution in [3.63, 3.8) is 0 Å². The van der Waals surface area contributed by atoms with Gasteiger partial charge in [-0.1, -0.05) is 25.4 Å². The lowest BCUT2D eigenvalue weighted by Crippen LogP contribution is -2.48. The first-order valence-corrected chi connectivity index (χ1v) is 6.13. The van der Waals surface area contributed by atoms with E-state index in [1.165, 1.54) is 0 Å². The van der Waals surface area contributed by atoms with Crippen LogP contribution >= 0.6 is 0 Å². The lowest BCUT2D eigenvalue weighted by atomic mass is 9.99. The molecule has 19 heavy (non-hydrogen) atoms. The third-order valence-corrected chi connectivity index (χ3v) is 2.87. The van der Waals surface area contributed by atoms with Gasteiger partial charge in [0.25, 0.3) is 0 Å². The standard InChI is InChI=1S/C12H19N3O4/c1-4-7(2)10(11(16)17)14-12(18)13-6-9-5-8(3)15-19-9/h5,7,10H,4,6H2,1-3H3,(H,16,17)(H2,13,14,18)/t7?,10-/m0/s1. The second-order valence-electron chi connectivity index (χ2n) is 4.46. The summed E-state index contributed by atoms with van der Waals surface area (Å²) in [7, 11) is 0. The molecule has 0 saturated heterocycles. The predicted molar refractivity (Wildman–Crippen MR) is 67.5 cm³/mol. The lowest BCUT2D eigenvalue weighted by Gasteiger charge is -2.20. The van der Waals surface area contributed by atoms with E-state index in [4.69, 9.17) is 9.63 Å². The van der Waals surface area contributed by atoms with Gasteiger partial charge in [0, 0.05) is 6.07 Å². The fourth-order valence-corrected chi connectivity index (χ4v) is 1.54. The average Bonchev–Trinajstić information content (AvgIpc) is 2.78. The number of amides is 2. The Bertz CT molecular complexity index is 444. The van der Waals surface area contributed by atoms with Crippen LogP contribution in [0.2, 0.25) is 0 Å². The van der Waals surface area contributed by atoms with Crippen LogP contribution in [-0.4, -0.2) is 28.3 Å². The molecule has 0 fully saturated rings. The van der Waals surface area contributed by atoms with E-state index in [9.17, 15) is 9.59 Å². The number of urea groups is 1. The number of carboxylic acid groups (broad SMARTS) is 1. The van der Waals surface area contributed by atoms with Crippen molar-refractivity contribution in [1.29, 1.82) is 0 Å². The molecule has 106 valence electrons. The number of carboxylic acids is 1. The first kappa shape index (κ1) is 15.0. The first-order chi connectivity index (χ1) is 8.93. The number of rotatable bonds is 6. The molecule has 0 aliphatic carbocycles. The number of hydrogen-bond acceptors (Lipinski definition) is 4. The highest BCUT2D eigenvalue weighted by molar-refractivity contribution is 5.82. The van der Waals surface area contributed by atoms with E-state index < -0.39 is 18.0 Å². The second-order valence-corrected chi connectivity index (χ2v) is 4.46. The summed E-state index contributed by atoms with van der Waals surface area (Å²) >= 11 is 0. The topological polar surface area (TPSA) is 104 Å². The summed E-state index contributed by atoms with van der Waals surface area (Å²) in [4.78, 5) is 22.7. The van der Waals surface area contributed by atoms with Crippen molar-refractivity contribution in [3.8, 4) is 0 Å².